The third-order valence-electron chi connectivity index (χ3n) is 1.70. The van der Waals surface area contributed by atoms with Crippen LogP contribution in [0.3, 0.4) is 0 Å². The number of hydrogen-bond acceptors (Lipinski definition) is 2. The van der Waals surface area contributed by atoms with Gasteiger partial charge in [-0.2, -0.15) is 0 Å². The van der Waals surface area contributed by atoms with E-state index in [1.54, 1.807) is 0 Å². The van der Waals surface area contributed by atoms with Crippen molar-refractivity contribution in [3.8, 4) is 0 Å². The van der Waals surface area contributed by atoms with Crippen molar-refractivity contribution in [2.75, 3.05) is 0 Å². The Bertz CT molecular complexity index is 79.1. The molecule has 0 heterocycles. The molecule has 0 atom stereocenters. The fourth-order valence-electron chi connectivity index (χ4n) is 0.667. The van der Waals surface area contributed by atoms with E-state index in [4.69, 9.17) is 0 Å². The van der Waals surface area contributed by atoms with Gasteiger partial charge < -0.3 is 0 Å². The molecule has 0 radical (unpaired) electrons. The van der Waals surface area contributed by atoms with E-state index >= 15 is 0 Å². The summed E-state index contributed by atoms with van der Waals surface area (Å²) in [5, 5.41) is 0. The van der Waals surface area contributed by atoms with Crippen LogP contribution >= 0.6 is 7.72 Å². The van der Waals surface area contributed by atoms with Crippen LogP contribution in [0.4, 0.5) is 0 Å². The zero-order chi connectivity index (χ0) is 7.65. The second kappa shape index (κ2) is 2.96. The zero-order valence-electron chi connectivity index (χ0n) is 6.55. The molecule has 0 aliphatic heterocycles. The maximum absolute atomic E-state index is 9.36. The van der Waals surface area contributed by atoms with Gasteiger partial charge in [0.2, 0.25) is 0 Å². The van der Waals surface area contributed by atoms with E-state index in [-0.39, 0.29) is 11.3 Å². The molecule has 9 heavy (non-hydrogen) atoms. The van der Waals surface area contributed by atoms with Crippen molar-refractivity contribution in [2.24, 2.45) is 0 Å². The first kappa shape index (κ1) is 9.35. The minimum atomic E-state index is -2.86. The average molecular weight is 152 g/mol. The molecule has 0 bridgehead atoms. The van der Waals surface area contributed by atoms with E-state index in [2.05, 4.69) is 0 Å². The molecule has 0 aromatic rings. The van der Waals surface area contributed by atoms with Gasteiger partial charge in [-0.15, -0.1) is 0 Å². The predicted octanol–water partition coefficient (Wildman–Crippen LogP) is 1.37. The van der Waals surface area contributed by atoms with Crippen molar-refractivity contribution < 1.29 is 9.79 Å². The minimum absolute atomic E-state index is 0.0394. The molecule has 2 N–H and O–H groups in total. The van der Waals surface area contributed by atoms with Gasteiger partial charge in [-0.25, -0.2) is 0 Å². The van der Waals surface area contributed by atoms with Crippen molar-refractivity contribution in [2.45, 2.75) is 39.0 Å². The van der Waals surface area contributed by atoms with Crippen LogP contribution in [0.5, 0.6) is 0 Å². The average Bonchev–Trinajstić information content (AvgIpc) is 1.65. The van der Waals surface area contributed by atoms with Gasteiger partial charge in [-0.1, -0.05) is 0 Å². The summed E-state index contributed by atoms with van der Waals surface area (Å²) in [4.78, 5) is 18.7. The van der Waals surface area contributed by atoms with Gasteiger partial charge in [0.25, 0.3) is 0 Å². The second-order valence-corrected chi connectivity index (χ2v) is 6.97. The molecule has 0 spiro atoms. The van der Waals surface area contributed by atoms with Crippen LogP contribution in [0.2, 0.25) is 0 Å². The number of rotatable bonds is 2. The normalized spacial score (nSPS) is 15.1. The summed E-state index contributed by atoms with van der Waals surface area (Å²) in [5.41, 5.74) is 0.0787. The van der Waals surface area contributed by atoms with Gasteiger partial charge >= 0.3 is 56.5 Å². The van der Waals surface area contributed by atoms with Crippen LogP contribution in [0.15, 0.2) is 0 Å². The first-order valence-electron chi connectivity index (χ1n) is 3.33. The topological polar surface area (TPSA) is 40.5 Å². The number of hydrogen-bond donors (Lipinski definition) is 2. The Balaban J connectivity index is 4.01. The molecule has 0 aromatic carbocycles. The molecule has 0 unspecified atom stereocenters. The van der Waals surface area contributed by atoms with Crippen molar-refractivity contribution in [3.63, 3.8) is 0 Å². The van der Waals surface area contributed by atoms with Crippen molar-refractivity contribution in [1.82, 2.24) is 0 Å². The molecule has 0 rings (SSSR count). The predicted molar refractivity (Wildman–Crippen MR) is 43.0 cm³/mol. The van der Waals surface area contributed by atoms with Crippen LogP contribution in [0.25, 0.3) is 0 Å². The molecular weight excluding hydrogens is 135 g/mol. The van der Waals surface area contributed by atoms with Crippen LogP contribution in [-0.2, 0) is 0 Å². The van der Waals surface area contributed by atoms with E-state index in [9.17, 15) is 9.79 Å². The Morgan fingerprint density at radius 2 is 1.11 bits per heavy atom. The molecule has 0 aliphatic rings. The van der Waals surface area contributed by atoms with Crippen molar-refractivity contribution >= 4 is 7.72 Å². The zero-order valence-corrected chi connectivity index (χ0v) is 7.55. The third kappa shape index (κ3) is 2.21. The summed E-state index contributed by atoms with van der Waals surface area (Å²) in [6.07, 6.45) is 0. The third-order valence-corrected chi connectivity index (χ3v) is 5.10. The summed E-state index contributed by atoms with van der Waals surface area (Å²) in [6.45, 7) is 7.41. The van der Waals surface area contributed by atoms with Gasteiger partial charge in [-0.05, 0) is 0 Å². The summed E-state index contributed by atoms with van der Waals surface area (Å²) in [5.74, 6) is 0. The molecule has 0 saturated heterocycles. The van der Waals surface area contributed by atoms with Crippen molar-refractivity contribution in [3.05, 3.63) is 0 Å². The monoisotopic (exact) mass is 152 g/mol. The molecule has 0 aromatic heterocycles. The molecule has 0 fully saturated rings. The van der Waals surface area contributed by atoms with Crippen LogP contribution in [0.1, 0.15) is 27.7 Å². The van der Waals surface area contributed by atoms with Gasteiger partial charge in [0.05, 0.1) is 0 Å². The Morgan fingerprint density at radius 1 is 0.889 bits per heavy atom. The quantitative estimate of drug-likeness (QED) is 0.586. The summed E-state index contributed by atoms with van der Waals surface area (Å²) in [6, 6.07) is 0. The Kier molecular flexibility index (Phi) is 3.07. The first-order chi connectivity index (χ1) is 3.89. The maximum atomic E-state index is 9.36. The van der Waals surface area contributed by atoms with Crippen molar-refractivity contribution in [1.29, 1.82) is 0 Å². The fraction of sp³-hybridized carbons (Fsp3) is 1.00. The van der Waals surface area contributed by atoms with E-state index in [1.165, 1.54) is 0 Å². The molecule has 2 nitrogen and oxygen atoms in total. The van der Waals surface area contributed by atoms with Gasteiger partial charge in [0.15, 0.2) is 0 Å². The fourth-order valence-corrected chi connectivity index (χ4v) is 2.00. The summed E-state index contributed by atoms with van der Waals surface area (Å²) < 4.78 is 0. The van der Waals surface area contributed by atoms with E-state index < -0.39 is 7.72 Å². The van der Waals surface area contributed by atoms with E-state index in [1.807, 2.05) is 27.7 Å². The summed E-state index contributed by atoms with van der Waals surface area (Å²) in [7, 11) is -2.86. The molecule has 0 saturated carbocycles. The SMILES string of the molecule is CC(C)[PH](O)(O)C(C)C. The molecule has 0 amide bonds. The van der Waals surface area contributed by atoms with E-state index in [0.717, 1.165) is 0 Å². The molecular formula is C6H17O2P. The molecule has 58 valence electrons. The van der Waals surface area contributed by atoms with Gasteiger partial charge in [-0.3, -0.25) is 0 Å². The van der Waals surface area contributed by atoms with Crippen LogP contribution < -0.4 is 0 Å². The Hall–Kier alpha value is 0.350. The Labute approximate surface area is 57.4 Å². The van der Waals surface area contributed by atoms with Crippen LogP contribution in [-0.4, -0.2) is 21.1 Å². The van der Waals surface area contributed by atoms with E-state index in [0.29, 0.717) is 0 Å². The standard InChI is InChI=1S/C6H17O2P/c1-5(2)9(7,8)6(3)4/h5-9H,1-4H3. The van der Waals surface area contributed by atoms with Gasteiger partial charge in [0, 0.05) is 0 Å². The first-order valence-corrected chi connectivity index (χ1v) is 5.38. The second-order valence-electron chi connectivity index (χ2n) is 3.09. The van der Waals surface area contributed by atoms with Gasteiger partial charge in [0.1, 0.15) is 0 Å². The molecule has 0 aliphatic carbocycles. The summed E-state index contributed by atoms with van der Waals surface area (Å²) >= 11 is 0. The van der Waals surface area contributed by atoms with Crippen LogP contribution in [0, 0.1) is 0 Å². The molecule has 3 heteroatoms. The Morgan fingerprint density at radius 3 is 1.11 bits per heavy atom.